The van der Waals surface area contributed by atoms with Crippen LogP contribution in [0.1, 0.15) is 5.56 Å². The Balaban J connectivity index is 1.53. The maximum absolute atomic E-state index is 14.5. The second kappa shape index (κ2) is 7.52. The van der Waals surface area contributed by atoms with Crippen molar-refractivity contribution >= 4 is 26.7 Å². The molecule has 0 bridgehead atoms. The number of para-hydroxylation sites is 1. The van der Waals surface area contributed by atoms with Crippen LogP contribution in [0.5, 0.6) is 0 Å². The minimum Gasteiger partial charge on any atom is -0.355 e. The molecule has 4 heterocycles. The van der Waals surface area contributed by atoms with Crippen LogP contribution < -0.4 is 10.5 Å². The topological polar surface area (TPSA) is 114 Å². The van der Waals surface area contributed by atoms with Crippen LogP contribution >= 0.6 is 0 Å². The number of pyridine rings is 1. The molecule has 0 unspecified atom stereocenters. The molecular weight excluding hydrogens is 435 g/mol. The number of fused-ring (bicyclic) bond motifs is 1. The molecule has 0 saturated carbocycles. The lowest BCUT2D eigenvalue weighted by Gasteiger charge is -2.27. The van der Waals surface area contributed by atoms with Crippen molar-refractivity contribution in [3.8, 4) is 16.9 Å². The largest absolute Gasteiger partial charge is 0.355 e. The Morgan fingerprint density at radius 2 is 1.91 bits per heavy atom. The van der Waals surface area contributed by atoms with Gasteiger partial charge in [0.05, 0.1) is 17.0 Å². The summed E-state index contributed by atoms with van der Waals surface area (Å²) in [6.45, 7) is 2.51. The van der Waals surface area contributed by atoms with Crippen molar-refractivity contribution in [3.05, 3.63) is 64.3 Å². The number of sulfone groups is 1. The number of anilines is 1. The lowest BCUT2D eigenvalue weighted by Crippen LogP contribution is -2.40. The zero-order valence-electron chi connectivity index (χ0n) is 17.1. The number of aromatic amines is 1. The first kappa shape index (κ1) is 20.3. The molecule has 9 nitrogen and oxygen atoms in total. The van der Waals surface area contributed by atoms with Gasteiger partial charge in [0.15, 0.2) is 9.84 Å². The van der Waals surface area contributed by atoms with E-state index in [-0.39, 0.29) is 17.2 Å². The molecule has 0 aliphatic carbocycles. The van der Waals surface area contributed by atoms with Crippen molar-refractivity contribution < 1.29 is 12.8 Å². The average molecular weight is 454 g/mol. The molecule has 0 spiro atoms. The predicted molar refractivity (Wildman–Crippen MR) is 118 cm³/mol. The first-order valence-electron chi connectivity index (χ1n) is 9.98. The molecule has 5 rings (SSSR count). The van der Waals surface area contributed by atoms with E-state index < -0.39 is 21.2 Å². The summed E-state index contributed by atoms with van der Waals surface area (Å²) in [5.41, 5.74) is 2.18. The van der Waals surface area contributed by atoms with Crippen LogP contribution in [0.15, 0.2) is 47.4 Å². The fourth-order valence-electron chi connectivity index (χ4n) is 3.79. The van der Waals surface area contributed by atoms with E-state index >= 15 is 0 Å². The maximum Gasteiger partial charge on any atom is 0.273 e. The number of halogens is 1. The highest BCUT2D eigenvalue weighted by atomic mass is 32.2. The summed E-state index contributed by atoms with van der Waals surface area (Å²) >= 11 is 0. The number of hydrogen-bond acceptors (Lipinski definition) is 7. The molecule has 0 radical (unpaired) electrons. The summed E-state index contributed by atoms with van der Waals surface area (Å²) in [5.74, 6) is 0.350. The second-order valence-electron chi connectivity index (χ2n) is 7.68. The van der Waals surface area contributed by atoms with Gasteiger partial charge in [-0.2, -0.15) is 14.9 Å². The molecule has 4 aromatic rings. The number of rotatable bonds is 3. The van der Waals surface area contributed by atoms with E-state index in [2.05, 4.69) is 20.3 Å². The third-order valence-electron chi connectivity index (χ3n) is 5.53. The van der Waals surface area contributed by atoms with Gasteiger partial charge < -0.3 is 4.90 Å². The predicted octanol–water partition coefficient (Wildman–Crippen LogP) is 1.85. The molecule has 3 aromatic heterocycles. The van der Waals surface area contributed by atoms with Gasteiger partial charge >= 0.3 is 0 Å². The Bertz CT molecular complexity index is 1460. The van der Waals surface area contributed by atoms with Crippen LogP contribution in [0.25, 0.3) is 28.0 Å². The monoisotopic (exact) mass is 454 g/mol. The molecule has 1 aliphatic rings. The summed E-state index contributed by atoms with van der Waals surface area (Å²) in [5, 5.41) is 11.5. The van der Waals surface area contributed by atoms with Crippen LogP contribution in [0.3, 0.4) is 0 Å². The summed E-state index contributed by atoms with van der Waals surface area (Å²) < 4.78 is 38.8. The SMILES string of the molecule is Cc1cccc(F)c1-n1nc2c(-c3ccc(N4CCS(=O)(=O)CC4)nc3)n[nH]c2cc1=O. The molecular formula is C21H19FN6O3S. The zero-order chi connectivity index (χ0) is 22.5. The lowest BCUT2D eigenvalue weighted by molar-refractivity contribution is 0.586. The minimum atomic E-state index is -2.97. The van der Waals surface area contributed by atoms with E-state index in [1.807, 2.05) is 11.0 Å². The Morgan fingerprint density at radius 1 is 1.12 bits per heavy atom. The average Bonchev–Trinajstić information content (AvgIpc) is 3.16. The Kier molecular flexibility index (Phi) is 4.77. The van der Waals surface area contributed by atoms with E-state index in [0.717, 1.165) is 4.68 Å². The summed E-state index contributed by atoms with van der Waals surface area (Å²) in [7, 11) is -2.97. The number of aromatic nitrogens is 5. The fraction of sp³-hybridized carbons (Fsp3) is 0.238. The number of H-pyrrole nitrogens is 1. The van der Waals surface area contributed by atoms with Crippen molar-refractivity contribution in [1.82, 2.24) is 25.0 Å². The van der Waals surface area contributed by atoms with Gasteiger partial charge in [0, 0.05) is 30.9 Å². The van der Waals surface area contributed by atoms with E-state index in [0.29, 0.717) is 46.8 Å². The van der Waals surface area contributed by atoms with Gasteiger partial charge in [0.2, 0.25) is 0 Å². The highest BCUT2D eigenvalue weighted by molar-refractivity contribution is 7.91. The van der Waals surface area contributed by atoms with Crippen LogP contribution in [0.2, 0.25) is 0 Å². The molecule has 32 heavy (non-hydrogen) atoms. The molecule has 1 aromatic carbocycles. The van der Waals surface area contributed by atoms with Crippen molar-refractivity contribution in [2.24, 2.45) is 0 Å². The van der Waals surface area contributed by atoms with Gasteiger partial charge in [-0.1, -0.05) is 12.1 Å². The molecule has 1 saturated heterocycles. The quantitative estimate of drug-likeness (QED) is 0.503. The Labute approximate surface area is 182 Å². The number of hydrogen-bond donors (Lipinski definition) is 1. The van der Waals surface area contributed by atoms with E-state index in [1.165, 1.54) is 12.1 Å². The molecule has 164 valence electrons. The first-order valence-corrected chi connectivity index (χ1v) is 11.8. The molecule has 1 aliphatic heterocycles. The molecule has 0 amide bonds. The molecule has 1 N–H and O–H groups in total. The summed E-state index contributed by atoms with van der Waals surface area (Å²) in [6.07, 6.45) is 1.62. The normalized spacial score (nSPS) is 15.9. The Morgan fingerprint density at radius 3 is 2.59 bits per heavy atom. The van der Waals surface area contributed by atoms with Crippen molar-refractivity contribution in [2.45, 2.75) is 6.92 Å². The van der Waals surface area contributed by atoms with Crippen molar-refractivity contribution in [2.75, 3.05) is 29.5 Å². The molecule has 11 heteroatoms. The first-order chi connectivity index (χ1) is 15.3. The van der Waals surface area contributed by atoms with E-state index in [1.54, 1.807) is 31.3 Å². The van der Waals surface area contributed by atoms with Crippen LogP contribution in [-0.2, 0) is 9.84 Å². The fourth-order valence-corrected chi connectivity index (χ4v) is 4.99. The molecule has 1 fully saturated rings. The number of nitrogens with one attached hydrogen (secondary N) is 1. The van der Waals surface area contributed by atoms with Gasteiger partial charge in [0.1, 0.15) is 28.5 Å². The zero-order valence-corrected chi connectivity index (χ0v) is 17.9. The number of nitrogens with zero attached hydrogens (tertiary/aromatic N) is 5. The van der Waals surface area contributed by atoms with Crippen molar-refractivity contribution in [3.63, 3.8) is 0 Å². The number of benzene rings is 1. The van der Waals surface area contributed by atoms with E-state index in [4.69, 9.17) is 0 Å². The molecule has 0 atom stereocenters. The standard InChI is InChI=1S/C21H19FN6O3S/c1-13-3-2-4-15(22)21(13)28-18(29)11-16-20(26-28)19(25-24-16)14-5-6-17(23-12-14)27-7-9-32(30,31)10-8-27/h2-6,11-12,24H,7-10H2,1H3. The minimum absolute atomic E-state index is 0.0973. The van der Waals surface area contributed by atoms with Crippen LogP contribution in [0.4, 0.5) is 10.2 Å². The maximum atomic E-state index is 14.5. The van der Waals surface area contributed by atoms with Gasteiger partial charge in [0.25, 0.3) is 5.56 Å². The third kappa shape index (κ3) is 3.54. The summed E-state index contributed by atoms with van der Waals surface area (Å²) in [6, 6.07) is 9.51. The lowest BCUT2D eigenvalue weighted by atomic mass is 10.1. The highest BCUT2D eigenvalue weighted by Gasteiger charge is 2.23. The van der Waals surface area contributed by atoms with Crippen molar-refractivity contribution in [1.29, 1.82) is 0 Å². The third-order valence-corrected chi connectivity index (χ3v) is 7.14. The second-order valence-corrected chi connectivity index (χ2v) is 9.98. The summed E-state index contributed by atoms with van der Waals surface area (Å²) in [4.78, 5) is 19.0. The smallest absolute Gasteiger partial charge is 0.273 e. The van der Waals surface area contributed by atoms with E-state index in [9.17, 15) is 17.6 Å². The number of aryl methyl sites for hydroxylation is 1. The Hall–Kier alpha value is -3.60. The van der Waals surface area contributed by atoms with Gasteiger partial charge in [-0.3, -0.25) is 9.89 Å². The van der Waals surface area contributed by atoms with Crippen LogP contribution in [0, 0.1) is 12.7 Å². The highest BCUT2D eigenvalue weighted by Crippen LogP contribution is 2.26. The van der Waals surface area contributed by atoms with Gasteiger partial charge in [-0.15, -0.1) is 0 Å². The van der Waals surface area contributed by atoms with Gasteiger partial charge in [-0.05, 0) is 30.7 Å². The van der Waals surface area contributed by atoms with Crippen LogP contribution in [-0.4, -0.2) is 58.0 Å². The van der Waals surface area contributed by atoms with Gasteiger partial charge in [-0.25, -0.2) is 17.8 Å².